The molecule has 27 heavy (non-hydrogen) atoms. The number of hydrogen-bond acceptors (Lipinski definition) is 1. The zero-order chi connectivity index (χ0) is 22.5. The van der Waals surface area contributed by atoms with Crippen LogP contribution in [0.3, 0.4) is 0 Å². The van der Waals surface area contributed by atoms with Gasteiger partial charge in [0.25, 0.3) is 0 Å². The molecular weight excluding hydrogens is 370 g/mol. The van der Waals surface area contributed by atoms with E-state index in [9.17, 15) is 31.1 Å². The lowest BCUT2D eigenvalue weighted by atomic mass is 9.50. The van der Waals surface area contributed by atoms with Crippen molar-refractivity contribution in [2.45, 2.75) is 94.4 Å². The minimum Gasteiger partial charge on any atom is -0.299 e. The van der Waals surface area contributed by atoms with Gasteiger partial charge in [-0.1, -0.05) is 69.2 Å². The molecule has 0 N–H and O–H groups in total. The second-order valence-corrected chi connectivity index (χ2v) is 10.8. The van der Waals surface area contributed by atoms with Gasteiger partial charge < -0.3 is 0 Å². The Kier molecular flexibility index (Phi) is 6.75. The van der Waals surface area contributed by atoms with Gasteiger partial charge in [0.15, 0.2) is 5.41 Å². The van der Waals surface area contributed by atoms with Crippen molar-refractivity contribution in [1.29, 1.82) is 0 Å². The number of carbonyl (C=O) groups excluding carboxylic acids is 1. The van der Waals surface area contributed by atoms with E-state index in [1.54, 1.807) is 34.6 Å². The molecule has 0 unspecified atom stereocenters. The van der Waals surface area contributed by atoms with Crippen molar-refractivity contribution in [3.05, 3.63) is 0 Å². The summed E-state index contributed by atoms with van der Waals surface area (Å²) in [7, 11) is 0. The number of carbonyl (C=O) groups is 1. The molecule has 0 rings (SSSR count). The highest BCUT2D eigenvalue weighted by molar-refractivity contribution is 5.88. The lowest BCUT2D eigenvalue weighted by Crippen LogP contribution is -2.65. The molecule has 0 aliphatic carbocycles. The molecule has 0 amide bonds. The van der Waals surface area contributed by atoms with Gasteiger partial charge in [-0.2, -0.15) is 26.3 Å². The number of hydrogen-bond donors (Lipinski definition) is 0. The Balaban J connectivity index is 6.29. The number of ketones is 1. The van der Waals surface area contributed by atoms with Gasteiger partial charge in [-0.3, -0.25) is 4.79 Å². The van der Waals surface area contributed by atoms with Crippen molar-refractivity contribution in [2.75, 3.05) is 0 Å². The lowest BCUT2D eigenvalue weighted by Gasteiger charge is -2.56. The molecule has 0 radical (unpaired) electrons. The van der Waals surface area contributed by atoms with E-state index in [4.69, 9.17) is 0 Å². The minimum absolute atomic E-state index is 0.0694. The summed E-state index contributed by atoms with van der Waals surface area (Å²) in [6, 6.07) is 0. The molecule has 0 fully saturated rings. The van der Waals surface area contributed by atoms with Crippen molar-refractivity contribution >= 4 is 5.78 Å². The molecule has 0 atom stereocenters. The maximum atomic E-state index is 14.0. The Hall–Kier alpha value is -0.750. The van der Waals surface area contributed by atoms with Crippen molar-refractivity contribution in [3.63, 3.8) is 0 Å². The molecule has 0 aliphatic rings. The summed E-state index contributed by atoms with van der Waals surface area (Å²) in [5.74, 6) is -0.189. The highest BCUT2D eigenvalue weighted by atomic mass is 19.4. The van der Waals surface area contributed by atoms with Crippen LogP contribution >= 0.6 is 0 Å². The normalized spacial score (nSPS) is 15.9. The van der Waals surface area contributed by atoms with Gasteiger partial charge in [0, 0.05) is 10.8 Å². The summed E-state index contributed by atoms with van der Waals surface area (Å²) < 4.78 is 84.3. The molecule has 0 aromatic carbocycles. The van der Waals surface area contributed by atoms with Gasteiger partial charge in [-0.05, 0) is 23.7 Å². The summed E-state index contributed by atoms with van der Waals surface area (Å²) in [5.41, 5.74) is -9.97. The average Bonchev–Trinajstić information content (AvgIpc) is 2.28. The smallest absolute Gasteiger partial charge is 0.299 e. The fraction of sp³-hybridized carbons (Fsp3) is 0.950. The Morgan fingerprint density at radius 1 is 0.630 bits per heavy atom. The Labute approximate surface area is 159 Å². The predicted molar refractivity (Wildman–Crippen MR) is 95.3 cm³/mol. The van der Waals surface area contributed by atoms with Crippen LogP contribution in [0.15, 0.2) is 0 Å². The molecule has 0 bridgehead atoms. The van der Waals surface area contributed by atoms with Crippen molar-refractivity contribution < 1.29 is 31.1 Å². The molecule has 0 heterocycles. The topological polar surface area (TPSA) is 17.1 Å². The van der Waals surface area contributed by atoms with Gasteiger partial charge in [0.1, 0.15) is 5.78 Å². The molecular formula is C20H34F6O. The molecule has 1 nitrogen and oxygen atoms in total. The van der Waals surface area contributed by atoms with E-state index in [1.807, 2.05) is 0 Å². The third-order valence-electron chi connectivity index (χ3n) is 5.66. The zero-order valence-corrected chi connectivity index (χ0v) is 18.1. The first kappa shape index (κ1) is 26.2. The molecule has 0 saturated heterocycles. The summed E-state index contributed by atoms with van der Waals surface area (Å²) in [5, 5.41) is 0. The van der Waals surface area contributed by atoms with E-state index in [0.717, 1.165) is 34.6 Å². The quantitative estimate of drug-likeness (QED) is 0.431. The van der Waals surface area contributed by atoms with E-state index in [1.165, 1.54) is 0 Å². The van der Waals surface area contributed by atoms with E-state index in [2.05, 4.69) is 0 Å². The summed E-state index contributed by atoms with van der Waals surface area (Å²) in [6.07, 6.45) is -11.4. The highest BCUT2D eigenvalue weighted by Crippen LogP contribution is 2.69. The van der Waals surface area contributed by atoms with Crippen LogP contribution in [0.25, 0.3) is 0 Å². The lowest BCUT2D eigenvalue weighted by molar-refractivity contribution is -0.406. The molecule has 0 spiro atoms. The number of Topliss-reactive ketones (excluding diaryl/α,β-unsaturated/α-hetero) is 1. The van der Waals surface area contributed by atoms with Crippen LogP contribution in [0, 0.1) is 27.1 Å². The summed E-state index contributed by atoms with van der Waals surface area (Å²) in [4.78, 5) is 12.6. The number of alkyl halides is 6. The van der Waals surface area contributed by atoms with Crippen LogP contribution in [0.4, 0.5) is 26.3 Å². The van der Waals surface area contributed by atoms with E-state index < -0.39 is 45.8 Å². The van der Waals surface area contributed by atoms with Gasteiger partial charge >= 0.3 is 12.4 Å². The second-order valence-electron chi connectivity index (χ2n) is 10.8. The maximum Gasteiger partial charge on any atom is 0.404 e. The van der Waals surface area contributed by atoms with E-state index >= 15 is 0 Å². The number of rotatable bonds is 5. The summed E-state index contributed by atoms with van der Waals surface area (Å²) >= 11 is 0. The molecule has 0 aromatic rings. The minimum atomic E-state index is -5.49. The van der Waals surface area contributed by atoms with Crippen LogP contribution in [0.5, 0.6) is 0 Å². The molecule has 0 aromatic heterocycles. The Morgan fingerprint density at radius 2 is 0.963 bits per heavy atom. The highest BCUT2D eigenvalue weighted by Gasteiger charge is 2.80. The van der Waals surface area contributed by atoms with Crippen molar-refractivity contribution in [3.8, 4) is 0 Å². The molecule has 7 heteroatoms. The van der Waals surface area contributed by atoms with Gasteiger partial charge in [-0.15, -0.1) is 0 Å². The largest absolute Gasteiger partial charge is 0.404 e. The van der Waals surface area contributed by atoms with Crippen molar-refractivity contribution in [2.24, 2.45) is 27.1 Å². The van der Waals surface area contributed by atoms with Gasteiger partial charge in [-0.25, -0.2) is 0 Å². The monoisotopic (exact) mass is 404 g/mol. The zero-order valence-electron chi connectivity index (χ0n) is 18.1. The van der Waals surface area contributed by atoms with Crippen LogP contribution in [0.2, 0.25) is 0 Å². The van der Waals surface area contributed by atoms with E-state index in [-0.39, 0.29) is 12.2 Å². The fourth-order valence-electron chi connectivity index (χ4n) is 4.73. The second kappa shape index (κ2) is 6.94. The number of halogens is 6. The van der Waals surface area contributed by atoms with Crippen LogP contribution in [-0.4, -0.2) is 18.1 Å². The standard InChI is InChI=1S/C20H34F6O/c1-14(2,3)13(27)16(7,8)11-12-17(9,10)18(15(4,5)6,19(21,22)23)20(24,25)26/h11-12H2,1-10H3. The SMILES string of the molecule is CC(C)(C)C(=O)C(C)(C)CCC(C)(C)C(C(C)(C)C)(C(F)(F)F)C(F)(F)F. The van der Waals surface area contributed by atoms with Crippen LogP contribution in [-0.2, 0) is 4.79 Å². The summed E-state index contributed by atoms with van der Waals surface area (Å²) in [6.45, 7) is 13.2. The van der Waals surface area contributed by atoms with Gasteiger partial charge in [0.2, 0.25) is 0 Å². The maximum absolute atomic E-state index is 14.0. The molecule has 0 saturated carbocycles. The van der Waals surface area contributed by atoms with Crippen LogP contribution in [0.1, 0.15) is 82.1 Å². The van der Waals surface area contributed by atoms with Crippen molar-refractivity contribution in [1.82, 2.24) is 0 Å². The first-order chi connectivity index (χ1) is 11.4. The predicted octanol–water partition coefficient (Wildman–Crippen LogP) is 7.59. The van der Waals surface area contributed by atoms with E-state index in [0.29, 0.717) is 0 Å². The Morgan fingerprint density at radius 3 is 1.19 bits per heavy atom. The molecule has 162 valence electrons. The first-order valence-corrected chi connectivity index (χ1v) is 9.05. The first-order valence-electron chi connectivity index (χ1n) is 9.05. The average molecular weight is 404 g/mol. The van der Waals surface area contributed by atoms with Crippen LogP contribution < -0.4 is 0 Å². The molecule has 0 aliphatic heterocycles. The van der Waals surface area contributed by atoms with Gasteiger partial charge in [0.05, 0.1) is 0 Å². The third-order valence-corrected chi connectivity index (χ3v) is 5.66. The Bertz CT molecular complexity index is 503. The fourth-order valence-corrected chi connectivity index (χ4v) is 4.73. The third kappa shape index (κ3) is 4.64.